The molecule has 0 saturated heterocycles. The summed E-state index contributed by atoms with van der Waals surface area (Å²) in [7, 11) is 0. The van der Waals surface area contributed by atoms with Crippen molar-refractivity contribution in [2.45, 2.75) is 6.92 Å². The van der Waals surface area contributed by atoms with Crippen LogP contribution < -0.4 is 10.1 Å². The van der Waals surface area contributed by atoms with Crippen molar-refractivity contribution in [3.63, 3.8) is 0 Å². The molecular formula is C26H22N4O. The molecular weight excluding hydrogens is 384 g/mol. The van der Waals surface area contributed by atoms with Crippen LogP contribution in [-0.2, 0) is 0 Å². The van der Waals surface area contributed by atoms with Crippen LogP contribution in [0, 0.1) is 0 Å². The van der Waals surface area contributed by atoms with E-state index in [0.29, 0.717) is 6.61 Å². The maximum absolute atomic E-state index is 5.60. The van der Waals surface area contributed by atoms with Gasteiger partial charge in [-0.15, -0.1) is 0 Å². The maximum atomic E-state index is 5.60. The van der Waals surface area contributed by atoms with Gasteiger partial charge in [-0.2, -0.15) is 0 Å². The van der Waals surface area contributed by atoms with Gasteiger partial charge < -0.3 is 14.6 Å². The Labute approximate surface area is 181 Å². The Hall–Kier alpha value is -4.12. The first-order valence-corrected chi connectivity index (χ1v) is 10.3. The molecule has 0 radical (unpaired) electrons. The summed E-state index contributed by atoms with van der Waals surface area (Å²) in [6, 6.07) is 28.5. The van der Waals surface area contributed by atoms with Gasteiger partial charge in [0.25, 0.3) is 0 Å². The summed E-state index contributed by atoms with van der Waals surface area (Å²) >= 11 is 0. The van der Waals surface area contributed by atoms with Crippen molar-refractivity contribution in [3.05, 3.63) is 97.5 Å². The third-order valence-electron chi connectivity index (χ3n) is 5.13. The Balaban J connectivity index is 1.69. The first kappa shape index (κ1) is 18.9. The van der Waals surface area contributed by atoms with E-state index < -0.39 is 0 Å². The Morgan fingerprint density at radius 3 is 2.26 bits per heavy atom. The molecule has 0 aliphatic heterocycles. The first-order valence-electron chi connectivity index (χ1n) is 10.3. The summed E-state index contributed by atoms with van der Waals surface area (Å²) in [5.41, 5.74) is 5.03. The van der Waals surface area contributed by atoms with Crippen molar-refractivity contribution >= 4 is 22.5 Å². The normalized spacial score (nSPS) is 10.9. The van der Waals surface area contributed by atoms with Crippen molar-refractivity contribution in [2.24, 2.45) is 0 Å². The average Bonchev–Trinajstić information content (AvgIpc) is 3.22. The zero-order valence-electron chi connectivity index (χ0n) is 17.2. The second-order valence-electron chi connectivity index (χ2n) is 7.12. The van der Waals surface area contributed by atoms with E-state index in [-0.39, 0.29) is 0 Å². The summed E-state index contributed by atoms with van der Waals surface area (Å²) in [4.78, 5) is 9.22. The van der Waals surface area contributed by atoms with Crippen LogP contribution in [0.4, 0.5) is 11.5 Å². The van der Waals surface area contributed by atoms with Crippen LogP contribution in [-0.4, -0.2) is 21.1 Å². The lowest BCUT2D eigenvalue weighted by atomic mass is 10.1. The Morgan fingerprint density at radius 2 is 1.55 bits per heavy atom. The van der Waals surface area contributed by atoms with Crippen molar-refractivity contribution in [1.29, 1.82) is 0 Å². The van der Waals surface area contributed by atoms with Crippen molar-refractivity contribution in [3.8, 4) is 22.6 Å². The van der Waals surface area contributed by atoms with Crippen LogP contribution in [0.5, 0.6) is 5.75 Å². The molecule has 0 saturated carbocycles. The predicted octanol–water partition coefficient (Wildman–Crippen LogP) is 6.23. The second kappa shape index (κ2) is 8.32. The molecule has 5 nitrogen and oxygen atoms in total. The predicted molar refractivity (Wildman–Crippen MR) is 125 cm³/mol. The third kappa shape index (κ3) is 3.73. The van der Waals surface area contributed by atoms with Crippen LogP contribution in [0.3, 0.4) is 0 Å². The van der Waals surface area contributed by atoms with Crippen LogP contribution >= 0.6 is 0 Å². The van der Waals surface area contributed by atoms with E-state index in [1.807, 2.05) is 79.7 Å². The molecule has 0 amide bonds. The molecule has 5 aromatic rings. The van der Waals surface area contributed by atoms with E-state index in [1.165, 1.54) is 0 Å². The van der Waals surface area contributed by atoms with Crippen LogP contribution in [0.2, 0.25) is 0 Å². The number of fused-ring (bicyclic) bond motifs is 1. The minimum Gasteiger partial charge on any atom is -0.494 e. The van der Waals surface area contributed by atoms with Gasteiger partial charge in [-0.05, 0) is 48.9 Å². The molecule has 0 bridgehead atoms. The standard InChI is InChI=1S/C26H22N4O/c1-2-31-22-15-13-21(14-16-22)30-17-23(19-9-5-3-6-10-19)24-25(27-18-28-26(24)30)29-20-11-7-4-8-12-20/h3-18H,2H2,1H3,(H,27,28,29). The Kier molecular flexibility index (Phi) is 5.07. The number of rotatable bonds is 6. The molecule has 0 unspecified atom stereocenters. The summed E-state index contributed by atoms with van der Waals surface area (Å²) in [6.45, 7) is 2.63. The quantitative estimate of drug-likeness (QED) is 0.363. The average molecular weight is 406 g/mol. The molecule has 0 fully saturated rings. The molecule has 3 aromatic carbocycles. The lowest BCUT2D eigenvalue weighted by molar-refractivity contribution is 0.340. The zero-order valence-corrected chi connectivity index (χ0v) is 17.2. The highest BCUT2D eigenvalue weighted by atomic mass is 16.5. The summed E-state index contributed by atoms with van der Waals surface area (Å²) in [5.74, 6) is 1.63. The minimum absolute atomic E-state index is 0.645. The van der Waals surface area contributed by atoms with E-state index in [4.69, 9.17) is 4.74 Å². The maximum Gasteiger partial charge on any atom is 0.150 e. The number of nitrogens with zero attached hydrogens (tertiary/aromatic N) is 3. The molecule has 1 N–H and O–H groups in total. The van der Waals surface area contributed by atoms with E-state index in [0.717, 1.165) is 45.1 Å². The van der Waals surface area contributed by atoms with Crippen molar-refractivity contribution < 1.29 is 4.74 Å². The first-order chi connectivity index (χ1) is 15.3. The monoisotopic (exact) mass is 406 g/mol. The van der Waals surface area contributed by atoms with Crippen molar-refractivity contribution in [2.75, 3.05) is 11.9 Å². The Morgan fingerprint density at radius 1 is 0.839 bits per heavy atom. The van der Waals surface area contributed by atoms with Crippen LogP contribution in [0.1, 0.15) is 6.92 Å². The fourth-order valence-corrected chi connectivity index (χ4v) is 3.72. The lowest BCUT2D eigenvalue weighted by Gasteiger charge is -2.09. The van der Waals surface area contributed by atoms with Gasteiger partial charge in [0, 0.05) is 23.1 Å². The summed E-state index contributed by atoms with van der Waals surface area (Å²) in [5, 5.41) is 4.44. The number of benzene rings is 3. The van der Waals surface area contributed by atoms with Gasteiger partial charge in [0.1, 0.15) is 17.9 Å². The van der Waals surface area contributed by atoms with E-state index in [2.05, 4.69) is 38.2 Å². The van der Waals surface area contributed by atoms with Gasteiger partial charge in [-0.1, -0.05) is 48.5 Å². The second-order valence-corrected chi connectivity index (χ2v) is 7.12. The summed E-state index contributed by atoms with van der Waals surface area (Å²) in [6.07, 6.45) is 3.73. The number of nitrogens with one attached hydrogen (secondary N) is 1. The van der Waals surface area contributed by atoms with E-state index >= 15 is 0 Å². The molecule has 5 heteroatoms. The number of ether oxygens (including phenoxy) is 1. The van der Waals surface area contributed by atoms with E-state index in [1.54, 1.807) is 6.33 Å². The molecule has 2 heterocycles. The topological polar surface area (TPSA) is 52.0 Å². The smallest absolute Gasteiger partial charge is 0.150 e. The van der Waals surface area contributed by atoms with Gasteiger partial charge in [0.2, 0.25) is 0 Å². The molecule has 0 spiro atoms. The number of hydrogen-bond donors (Lipinski definition) is 1. The lowest BCUT2D eigenvalue weighted by Crippen LogP contribution is -1.98. The van der Waals surface area contributed by atoms with E-state index in [9.17, 15) is 0 Å². The van der Waals surface area contributed by atoms with Gasteiger partial charge in [-0.3, -0.25) is 0 Å². The molecule has 152 valence electrons. The fourth-order valence-electron chi connectivity index (χ4n) is 3.72. The highest BCUT2D eigenvalue weighted by Crippen LogP contribution is 2.36. The SMILES string of the molecule is CCOc1ccc(-n2cc(-c3ccccc3)c3c(Nc4ccccc4)ncnc32)cc1. The van der Waals surface area contributed by atoms with Gasteiger partial charge >= 0.3 is 0 Å². The van der Waals surface area contributed by atoms with Crippen molar-refractivity contribution in [1.82, 2.24) is 14.5 Å². The third-order valence-corrected chi connectivity index (χ3v) is 5.13. The van der Waals surface area contributed by atoms with Crippen LogP contribution in [0.25, 0.3) is 27.8 Å². The molecule has 5 rings (SSSR count). The van der Waals surface area contributed by atoms with Crippen LogP contribution in [0.15, 0.2) is 97.5 Å². The highest BCUT2D eigenvalue weighted by Gasteiger charge is 2.17. The molecule has 31 heavy (non-hydrogen) atoms. The molecule has 0 atom stereocenters. The number of para-hydroxylation sites is 1. The number of hydrogen-bond acceptors (Lipinski definition) is 4. The zero-order chi connectivity index (χ0) is 21.0. The molecule has 0 aliphatic carbocycles. The molecule has 0 aliphatic rings. The fraction of sp³-hybridized carbons (Fsp3) is 0.0769. The number of anilines is 2. The van der Waals surface area contributed by atoms with Gasteiger partial charge in [0.05, 0.1) is 12.0 Å². The summed E-state index contributed by atoms with van der Waals surface area (Å²) < 4.78 is 7.70. The minimum atomic E-state index is 0.645. The van der Waals surface area contributed by atoms with Gasteiger partial charge in [0.15, 0.2) is 5.65 Å². The van der Waals surface area contributed by atoms with Gasteiger partial charge in [-0.25, -0.2) is 9.97 Å². The highest BCUT2D eigenvalue weighted by molar-refractivity contribution is 6.03. The largest absolute Gasteiger partial charge is 0.494 e. The number of aromatic nitrogens is 3. The molecule has 2 aromatic heterocycles. The Bertz CT molecular complexity index is 1300.